The van der Waals surface area contributed by atoms with Crippen molar-refractivity contribution in [1.29, 1.82) is 0 Å². The van der Waals surface area contributed by atoms with Gasteiger partial charge in [-0.3, -0.25) is 0 Å². The zero-order valence-corrected chi connectivity index (χ0v) is 8.96. The van der Waals surface area contributed by atoms with Crippen LogP contribution in [0.4, 0.5) is 0 Å². The minimum absolute atomic E-state index is 0.767. The Morgan fingerprint density at radius 2 is 1.62 bits per heavy atom. The van der Waals surface area contributed by atoms with Gasteiger partial charge in [-0.1, -0.05) is 20.8 Å². The average Bonchev–Trinajstić information content (AvgIpc) is 2.93. The van der Waals surface area contributed by atoms with Crippen LogP contribution in [0.2, 0.25) is 0 Å². The molecule has 0 N–H and O–H groups in total. The van der Waals surface area contributed by atoms with Crippen LogP contribution in [0.15, 0.2) is 0 Å². The number of hydrogen-bond donors (Lipinski definition) is 0. The maximum Gasteiger partial charge on any atom is -0.0238 e. The second kappa shape index (κ2) is 1.73. The van der Waals surface area contributed by atoms with Crippen molar-refractivity contribution >= 4 is 0 Å². The first kappa shape index (κ1) is 7.31. The van der Waals surface area contributed by atoms with Gasteiger partial charge in [-0.05, 0) is 59.7 Å². The molecule has 0 heteroatoms. The first-order valence-electron chi connectivity index (χ1n) is 6.15. The molecule has 0 radical (unpaired) electrons. The largest absolute Gasteiger partial charge is 0.0617 e. The molecule has 0 aromatic carbocycles. The van der Waals surface area contributed by atoms with Gasteiger partial charge in [0.05, 0.1) is 0 Å². The van der Waals surface area contributed by atoms with Crippen molar-refractivity contribution in [2.24, 2.45) is 46.8 Å². The van der Waals surface area contributed by atoms with Crippen molar-refractivity contribution in [3.63, 3.8) is 0 Å². The van der Waals surface area contributed by atoms with E-state index < -0.39 is 0 Å². The summed E-state index contributed by atoms with van der Waals surface area (Å²) in [6.45, 7) is 7.68. The van der Waals surface area contributed by atoms with E-state index in [1.54, 1.807) is 12.8 Å². The Balaban J connectivity index is 1.81. The Bertz CT molecular complexity index is 264. The SMILES string of the molecule is CC1C2C3CC3C3CC3C1(C)C2C. The number of hydrogen-bond acceptors (Lipinski definition) is 0. The third kappa shape index (κ3) is 0.567. The topological polar surface area (TPSA) is 0 Å². The van der Waals surface area contributed by atoms with Crippen LogP contribution >= 0.6 is 0 Å². The molecule has 2 bridgehead atoms. The summed E-state index contributed by atoms with van der Waals surface area (Å²) in [7, 11) is 0. The van der Waals surface area contributed by atoms with E-state index in [4.69, 9.17) is 0 Å². The molecule has 0 nitrogen and oxygen atoms in total. The smallest absolute Gasteiger partial charge is 0.0238 e. The monoisotopic (exact) mass is 176 g/mol. The first-order chi connectivity index (χ1) is 6.15. The van der Waals surface area contributed by atoms with Gasteiger partial charge in [0.2, 0.25) is 0 Å². The summed E-state index contributed by atoms with van der Waals surface area (Å²) in [5.74, 6) is 7.94. The van der Waals surface area contributed by atoms with Crippen molar-refractivity contribution in [3.05, 3.63) is 0 Å². The van der Waals surface area contributed by atoms with Crippen molar-refractivity contribution < 1.29 is 0 Å². The molecule has 0 aromatic heterocycles. The molecule has 0 spiro atoms. The molecule has 6 unspecified atom stereocenters. The van der Waals surface area contributed by atoms with Gasteiger partial charge in [-0.25, -0.2) is 0 Å². The molecule has 5 fully saturated rings. The van der Waals surface area contributed by atoms with Crippen LogP contribution in [-0.4, -0.2) is 0 Å². The van der Waals surface area contributed by atoms with Crippen LogP contribution in [0.1, 0.15) is 33.6 Å². The van der Waals surface area contributed by atoms with E-state index >= 15 is 0 Å². The second-order valence-electron chi connectivity index (χ2n) is 6.59. The molecule has 0 amide bonds. The average molecular weight is 176 g/mol. The molecule has 5 aliphatic carbocycles. The lowest BCUT2D eigenvalue weighted by molar-refractivity contribution is -0.113. The van der Waals surface area contributed by atoms with Gasteiger partial charge in [0.25, 0.3) is 0 Å². The van der Waals surface area contributed by atoms with Crippen molar-refractivity contribution in [2.75, 3.05) is 0 Å². The van der Waals surface area contributed by atoms with E-state index in [9.17, 15) is 0 Å². The van der Waals surface area contributed by atoms with Gasteiger partial charge >= 0.3 is 0 Å². The summed E-state index contributed by atoms with van der Waals surface area (Å²) >= 11 is 0. The fraction of sp³-hybridized carbons (Fsp3) is 1.00. The first-order valence-corrected chi connectivity index (χ1v) is 6.15. The quantitative estimate of drug-likeness (QED) is 0.532. The summed E-state index contributed by atoms with van der Waals surface area (Å²) in [6.07, 6.45) is 3.20. The normalized spacial score (nSPS) is 77.3. The van der Waals surface area contributed by atoms with Gasteiger partial charge in [-0.15, -0.1) is 0 Å². The predicted octanol–water partition coefficient (Wildman–Crippen LogP) is 3.18. The molecular weight excluding hydrogens is 156 g/mol. The van der Waals surface area contributed by atoms with E-state index in [1.165, 1.54) is 17.8 Å². The van der Waals surface area contributed by atoms with E-state index in [0.29, 0.717) is 0 Å². The zero-order chi connectivity index (χ0) is 8.96. The summed E-state index contributed by atoms with van der Waals surface area (Å²) in [5, 5.41) is 0. The predicted molar refractivity (Wildman–Crippen MR) is 53.1 cm³/mol. The Hall–Kier alpha value is 0. The second-order valence-corrected chi connectivity index (χ2v) is 6.59. The van der Waals surface area contributed by atoms with Crippen LogP contribution in [0.25, 0.3) is 0 Å². The fourth-order valence-corrected chi connectivity index (χ4v) is 5.55. The highest BCUT2D eigenvalue weighted by molar-refractivity contribution is 5.22. The Labute approximate surface area is 81.1 Å². The van der Waals surface area contributed by atoms with Crippen LogP contribution < -0.4 is 0 Å². The van der Waals surface area contributed by atoms with Gasteiger partial charge in [0.1, 0.15) is 0 Å². The highest BCUT2D eigenvalue weighted by Crippen LogP contribution is 2.80. The lowest BCUT2D eigenvalue weighted by Gasteiger charge is -2.59. The third-order valence-electron chi connectivity index (χ3n) is 6.69. The summed E-state index contributed by atoms with van der Waals surface area (Å²) in [5.41, 5.74) is 0.767. The highest BCUT2D eigenvalue weighted by Gasteiger charge is 2.74. The molecule has 6 atom stereocenters. The van der Waals surface area contributed by atoms with Gasteiger partial charge < -0.3 is 0 Å². The van der Waals surface area contributed by atoms with Crippen molar-refractivity contribution in [1.82, 2.24) is 0 Å². The lowest BCUT2D eigenvalue weighted by Crippen LogP contribution is -2.54. The Kier molecular flexibility index (Phi) is 0.971. The van der Waals surface area contributed by atoms with Crippen LogP contribution in [-0.2, 0) is 0 Å². The van der Waals surface area contributed by atoms with E-state index in [-0.39, 0.29) is 0 Å². The van der Waals surface area contributed by atoms with Gasteiger partial charge in [-0.2, -0.15) is 0 Å². The van der Waals surface area contributed by atoms with Crippen LogP contribution in [0.3, 0.4) is 0 Å². The molecule has 72 valence electrons. The maximum atomic E-state index is 2.59. The molecule has 0 aromatic rings. The van der Waals surface area contributed by atoms with Crippen LogP contribution in [0.5, 0.6) is 0 Å². The fourth-order valence-electron chi connectivity index (χ4n) is 5.55. The zero-order valence-electron chi connectivity index (χ0n) is 8.96. The van der Waals surface area contributed by atoms with Crippen LogP contribution in [0, 0.1) is 46.8 Å². The Morgan fingerprint density at radius 1 is 0.923 bits per heavy atom. The molecule has 5 saturated carbocycles. The summed E-state index contributed by atoms with van der Waals surface area (Å²) in [4.78, 5) is 0. The van der Waals surface area contributed by atoms with E-state index in [2.05, 4.69) is 20.8 Å². The van der Waals surface area contributed by atoms with Gasteiger partial charge in [0, 0.05) is 0 Å². The van der Waals surface area contributed by atoms with E-state index in [1.807, 2.05) is 0 Å². The highest BCUT2D eigenvalue weighted by atomic mass is 14.8. The third-order valence-corrected chi connectivity index (χ3v) is 6.69. The maximum absolute atomic E-state index is 2.59. The molecule has 5 rings (SSSR count). The summed E-state index contributed by atoms with van der Waals surface area (Å²) < 4.78 is 0. The van der Waals surface area contributed by atoms with Crippen molar-refractivity contribution in [2.45, 2.75) is 33.6 Å². The molecule has 13 heavy (non-hydrogen) atoms. The van der Waals surface area contributed by atoms with E-state index in [0.717, 1.165) is 29.1 Å². The van der Waals surface area contributed by atoms with Crippen molar-refractivity contribution in [3.8, 4) is 0 Å². The number of rotatable bonds is 0. The standard InChI is InChI=1S/C13H20/c1-6-12-7(2)13(6,3)11-5-9(11)8-4-10(8)12/h6-12H,4-5H2,1-3H3. The Morgan fingerprint density at radius 3 is 2.31 bits per heavy atom. The molecule has 0 heterocycles. The molecular formula is C13H20. The minimum Gasteiger partial charge on any atom is -0.0617 e. The summed E-state index contributed by atoms with van der Waals surface area (Å²) in [6, 6.07) is 0. The van der Waals surface area contributed by atoms with Gasteiger partial charge in [0.15, 0.2) is 0 Å². The molecule has 5 aliphatic rings. The lowest BCUT2D eigenvalue weighted by atomic mass is 9.46. The molecule has 0 saturated heterocycles. The molecule has 0 aliphatic heterocycles. The minimum atomic E-state index is 0.767.